The molecular weight excluding hydrogens is 294 g/mol. The number of hydrogen-bond acceptors (Lipinski definition) is 4. The average molecular weight is 311 g/mol. The molecule has 1 saturated heterocycles. The highest BCUT2D eigenvalue weighted by atomic mass is 16.6. The lowest BCUT2D eigenvalue weighted by Crippen LogP contribution is -2.21. The predicted octanol–water partition coefficient (Wildman–Crippen LogP) is 2.75. The Morgan fingerprint density at radius 1 is 0.870 bits per heavy atom. The van der Waals surface area contributed by atoms with E-state index < -0.39 is 18.1 Å². The molecule has 118 valence electrons. The van der Waals surface area contributed by atoms with Crippen LogP contribution in [0.15, 0.2) is 60.7 Å². The van der Waals surface area contributed by atoms with Gasteiger partial charge in [-0.2, -0.15) is 0 Å². The first-order valence-corrected chi connectivity index (χ1v) is 7.42. The van der Waals surface area contributed by atoms with Gasteiger partial charge >= 0.3 is 12.1 Å². The topological polar surface area (TPSA) is 55.6 Å². The number of carbonyl (C=O) groups is 2. The van der Waals surface area contributed by atoms with Crippen LogP contribution in [0.1, 0.15) is 11.1 Å². The molecule has 1 atom stereocenters. The first-order chi connectivity index (χ1) is 11.2. The molecule has 23 heavy (non-hydrogen) atoms. The molecule has 1 amide bonds. The molecular formula is C18H17NO4. The van der Waals surface area contributed by atoms with Crippen molar-refractivity contribution in [2.75, 3.05) is 6.54 Å². The number of amides is 1. The fourth-order valence-corrected chi connectivity index (χ4v) is 2.17. The molecule has 1 aliphatic rings. The SMILES string of the molecule is O=C(OCc1ccccc1)[C@@H]1CN1C(=O)OCc1ccccc1. The second kappa shape index (κ2) is 6.96. The van der Waals surface area contributed by atoms with Crippen molar-refractivity contribution < 1.29 is 19.1 Å². The molecule has 1 heterocycles. The Morgan fingerprint density at radius 3 is 1.96 bits per heavy atom. The van der Waals surface area contributed by atoms with E-state index in [1.807, 2.05) is 60.7 Å². The van der Waals surface area contributed by atoms with Crippen molar-refractivity contribution in [1.82, 2.24) is 4.90 Å². The maximum absolute atomic E-state index is 11.9. The van der Waals surface area contributed by atoms with Crippen molar-refractivity contribution in [2.45, 2.75) is 19.3 Å². The number of esters is 1. The highest BCUT2D eigenvalue weighted by molar-refractivity contribution is 5.86. The van der Waals surface area contributed by atoms with Crippen LogP contribution in [0.4, 0.5) is 4.79 Å². The van der Waals surface area contributed by atoms with Gasteiger partial charge in [0.25, 0.3) is 0 Å². The Hall–Kier alpha value is -2.82. The smallest absolute Gasteiger partial charge is 0.411 e. The van der Waals surface area contributed by atoms with Gasteiger partial charge in [0, 0.05) is 0 Å². The molecule has 5 heteroatoms. The van der Waals surface area contributed by atoms with Gasteiger partial charge in [-0.15, -0.1) is 0 Å². The first-order valence-electron chi connectivity index (χ1n) is 7.42. The maximum Gasteiger partial charge on any atom is 0.411 e. The summed E-state index contributed by atoms with van der Waals surface area (Å²) in [5.74, 6) is -0.398. The van der Waals surface area contributed by atoms with E-state index >= 15 is 0 Å². The van der Waals surface area contributed by atoms with Crippen LogP contribution in [-0.4, -0.2) is 29.5 Å². The number of carbonyl (C=O) groups excluding carboxylic acids is 2. The Labute approximate surface area is 134 Å². The van der Waals surface area contributed by atoms with Crippen molar-refractivity contribution in [1.29, 1.82) is 0 Å². The van der Waals surface area contributed by atoms with E-state index in [9.17, 15) is 9.59 Å². The summed E-state index contributed by atoms with van der Waals surface area (Å²) in [5.41, 5.74) is 1.82. The molecule has 1 aliphatic heterocycles. The van der Waals surface area contributed by atoms with Gasteiger partial charge in [-0.1, -0.05) is 60.7 Å². The van der Waals surface area contributed by atoms with Crippen LogP contribution < -0.4 is 0 Å². The van der Waals surface area contributed by atoms with Gasteiger partial charge in [-0.3, -0.25) is 4.90 Å². The molecule has 0 saturated carbocycles. The second-order valence-corrected chi connectivity index (χ2v) is 5.30. The zero-order chi connectivity index (χ0) is 16.1. The predicted molar refractivity (Wildman–Crippen MR) is 83.4 cm³/mol. The van der Waals surface area contributed by atoms with Crippen LogP contribution in [0.25, 0.3) is 0 Å². The molecule has 2 aromatic carbocycles. The summed E-state index contributed by atoms with van der Waals surface area (Å²) in [4.78, 5) is 25.1. The molecule has 3 rings (SSSR count). The highest BCUT2D eigenvalue weighted by Crippen LogP contribution is 2.21. The molecule has 0 spiro atoms. The average Bonchev–Trinajstić information content (AvgIpc) is 3.40. The first kappa shape index (κ1) is 15.1. The fraction of sp³-hybridized carbons (Fsp3) is 0.222. The number of rotatable bonds is 5. The van der Waals surface area contributed by atoms with Gasteiger partial charge < -0.3 is 9.47 Å². The zero-order valence-corrected chi connectivity index (χ0v) is 12.6. The molecule has 0 aliphatic carbocycles. The summed E-state index contributed by atoms with van der Waals surface area (Å²) in [7, 11) is 0. The summed E-state index contributed by atoms with van der Waals surface area (Å²) >= 11 is 0. The van der Waals surface area contributed by atoms with Crippen LogP contribution >= 0.6 is 0 Å². The number of nitrogens with zero attached hydrogens (tertiary/aromatic N) is 1. The van der Waals surface area contributed by atoms with Crippen molar-refractivity contribution in [3.05, 3.63) is 71.8 Å². The molecule has 0 radical (unpaired) electrons. The summed E-state index contributed by atoms with van der Waals surface area (Å²) in [6.45, 7) is 0.756. The quantitative estimate of drug-likeness (QED) is 0.629. The van der Waals surface area contributed by atoms with Crippen molar-refractivity contribution in [3.8, 4) is 0 Å². The lowest BCUT2D eigenvalue weighted by Gasteiger charge is -2.07. The van der Waals surface area contributed by atoms with Gasteiger partial charge in [0.2, 0.25) is 0 Å². The van der Waals surface area contributed by atoms with Crippen molar-refractivity contribution in [3.63, 3.8) is 0 Å². The maximum atomic E-state index is 11.9. The Balaban J connectivity index is 1.41. The van der Waals surface area contributed by atoms with E-state index in [2.05, 4.69) is 0 Å². The van der Waals surface area contributed by atoms with Gasteiger partial charge in [-0.25, -0.2) is 9.59 Å². The third kappa shape index (κ3) is 4.10. The minimum Gasteiger partial charge on any atom is -0.459 e. The zero-order valence-electron chi connectivity index (χ0n) is 12.6. The van der Waals surface area contributed by atoms with Gasteiger partial charge in [0.15, 0.2) is 6.04 Å². The van der Waals surface area contributed by atoms with Gasteiger partial charge in [0.1, 0.15) is 13.2 Å². The van der Waals surface area contributed by atoms with Crippen molar-refractivity contribution >= 4 is 12.1 Å². The van der Waals surface area contributed by atoms with E-state index in [-0.39, 0.29) is 13.2 Å². The minimum absolute atomic E-state index is 0.196. The molecule has 0 aromatic heterocycles. The van der Waals surface area contributed by atoms with Crippen LogP contribution in [0.2, 0.25) is 0 Å². The molecule has 1 fully saturated rings. The third-order valence-electron chi connectivity index (χ3n) is 3.55. The van der Waals surface area contributed by atoms with E-state index in [4.69, 9.17) is 9.47 Å². The molecule has 0 unspecified atom stereocenters. The largest absolute Gasteiger partial charge is 0.459 e. The van der Waals surface area contributed by atoms with Gasteiger partial charge in [0.05, 0.1) is 6.54 Å². The summed E-state index contributed by atoms with van der Waals surface area (Å²) in [6.07, 6.45) is -0.490. The third-order valence-corrected chi connectivity index (χ3v) is 3.55. The monoisotopic (exact) mass is 311 g/mol. The number of ether oxygens (including phenoxy) is 2. The normalized spacial score (nSPS) is 15.8. The standard InChI is InChI=1S/C18H17NO4/c20-17(22-12-14-7-3-1-4-8-14)16-11-19(16)18(21)23-13-15-9-5-2-6-10-15/h1-10,16H,11-13H2/t16-,19?/m0/s1. The van der Waals surface area contributed by atoms with Gasteiger partial charge in [-0.05, 0) is 11.1 Å². The molecule has 5 nitrogen and oxygen atoms in total. The molecule has 0 bridgehead atoms. The lowest BCUT2D eigenvalue weighted by molar-refractivity contribution is -0.145. The Bertz CT molecular complexity index is 612. The lowest BCUT2D eigenvalue weighted by atomic mass is 10.2. The number of hydrogen-bond donors (Lipinski definition) is 0. The van der Waals surface area contributed by atoms with Crippen LogP contribution in [0, 0.1) is 0 Å². The second-order valence-electron chi connectivity index (χ2n) is 5.30. The van der Waals surface area contributed by atoms with E-state index in [1.165, 1.54) is 4.90 Å². The Morgan fingerprint density at radius 2 is 1.39 bits per heavy atom. The van der Waals surface area contributed by atoms with Crippen LogP contribution in [0.3, 0.4) is 0 Å². The van der Waals surface area contributed by atoms with E-state index in [0.717, 1.165) is 11.1 Å². The van der Waals surface area contributed by atoms with Crippen molar-refractivity contribution in [2.24, 2.45) is 0 Å². The molecule has 2 aromatic rings. The summed E-state index contributed by atoms with van der Waals surface area (Å²) in [5, 5.41) is 0. The Kier molecular flexibility index (Phi) is 4.57. The van der Waals surface area contributed by atoms with Crippen LogP contribution in [0.5, 0.6) is 0 Å². The molecule has 0 N–H and O–H groups in total. The summed E-state index contributed by atoms with van der Waals surface area (Å²) in [6, 6.07) is 18.3. The van der Waals surface area contributed by atoms with E-state index in [1.54, 1.807) is 0 Å². The van der Waals surface area contributed by atoms with Crippen LogP contribution in [-0.2, 0) is 27.5 Å². The number of benzene rings is 2. The van der Waals surface area contributed by atoms with E-state index in [0.29, 0.717) is 6.54 Å². The fourth-order valence-electron chi connectivity index (χ4n) is 2.17. The summed E-state index contributed by atoms with van der Waals surface area (Å²) < 4.78 is 10.4. The minimum atomic E-state index is -0.526. The highest BCUT2D eigenvalue weighted by Gasteiger charge is 2.46.